The monoisotopic (exact) mass is 360 g/mol. The summed E-state index contributed by atoms with van der Waals surface area (Å²) in [6, 6.07) is 5.11. The molecule has 3 N–H and O–H groups in total. The Morgan fingerprint density at radius 3 is 2.69 bits per heavy atom. The van der Waals surface area contributed by atoms with Crippen LogP contribution in [0.25, 0.3) is 11.1 Å². The Hall–Kier alpha value is -2.41. The molecule has 7 heteroatoms. The molecule has 0 radical (unpaired) electrons. The van der Waals surface area contributed by atoms with E-state index in [0.717, 1.165) is 24.0 Å². The van der Waals surface area contributed by atoms with E-state index >= 15 is 0 Å². The number of rotatable bonds is 4. The molecule has 0 bridgehead atoms. The Morgan fingerprint density at radius 2 is 2.12 bits per heavy atom. The fourth-order valence-electron chi connectivity index (χ4n) is 3.24. The van der Waals surface area contributed by atoms with Gasteiger partial charge >= 0.3 is 6.03 Å². The van der Waals surface area contributed by atoms with Crippen LogP contribution in [0.2, 0.25) is 0 Å². The van der Waals surface area contributed by atoms with Gasteiger partial charge in [-0.3, -0.25) is 5.10 Å². The predicted octanol–water partition coefficient (Wildman–Crippen LogP) is 2.88. The number of amides is 2. The summed E-state index contributed by atoms with van der Waals surface area (Å²) < 4.78 is 14.6. The lowest BCUT2D eigenvalue weighted by Crippen LogP contribution is -2.48. The van der Waals surface area contributed by atoms with Crippen molar-refractivity contribution in [3.05, 3.63) is 42.0 Å². The highest BCUT2D eigenvalue weighted by Gasteiger charge is 2.26. The smallest absolute Gasteiger partial charge is 0.317 e. The van der Waals surface area contributed by atoms with Crippen molar-refractivity contribution in [3.63, 3.8) is 0 Å². The summed E-state index contributed by atoms with van der Waals surface area (Å²) in [5.41, 5.74) is 1.42. The van der Waals surface area contributed by atoms with Gasteiger partial charge in [0.2, 0.25) is 0 Å². The van der Waals surface area contributed by atoms with Gasteiger partial charge in [-0.1, -0.05) is 12.1 Å². The molecule has 1 aromatic heterocycles. The lowest BCUT2D eigenvalue weighted by Gasteiger charge is -2.33. The van der Waals surface area contributed by atoms with Crippen molar-refractivity contribution >= 4 is 6.03 Å². The molecule has 1 saturated heterocycles. The summed E-state index contributed by atoms with van der Waals surface area (Å²) in [7, 11) is 0. The average molecular weight is 360 g/mol. The SMILES string of the molecule is CC(C)(O)CNC(=O)N1CCC(c2ccc(-c3cn[nH]c3)cc2F)CC1. The normalized spacial score (nSPS) is 15.9. The highest BCUT2D eigenvalue weighted by Crippen LogP contribution is 2.32. The summed E-state index contributed by atoms with van der Waals surface area (Å²) in [4.78, 5) is 13.9. The van der Waals surface area contributed by atoms with Crippen LogP contribution in [-0.2, 0) is 0 Å². The Kier molecular flexibility index (Phi) is 5.27. The highest BCUT2D eigenvalue weighted by atomic mass is 19.1. The molecule has 0 spiro atoms. The van der Waals surface area contributed by atoms with Crippen LogP contribution in [-0.4, -0.2) is 51.5 Å². The van der Waals surface area contributed by atoms with E-state index in [-0.39, 0.29) is 24.3 Å². The first kappa shape index (κ1) is 18.4. The van der Waals surface area contributed by atoms with Crippen molar-refractivity contribution in [3.8, 4) is 11.1 Å². The van der Waals surface area contributed by atoms with Gasteiger partial charge in [0.1, 0.15) is 5.82 Å². The number of aliphatic hydroxyl groups is 1. The van der Waals surface area contributed by atoms with Gasteiger partial charge < -0.3 is 15.3 Å². The van der Waals surface area contributed by atoms with Gasteiger partial charge in [-0.15, -0.1) is 0 Å². The van der Waals surface area contributed by atoms with E-state index in [1.54, 1.807) is 37.2 Å². The number of carbonyl (C=O) groups excluding carboxylic acids is 1. The number of likely N-dealkylation sites (tertiary alicyclic amines) is 1. The average Bonchev–Trinajstić information content (AvgIpc) is 3.14. The number of nitrogens with zero attached hydrogens (tertiary/aromatic N) is 2. The van der Waals surface area contributed by atoms with Gasteiger partial charge in [0, 0.05) is 31.4 Å². The molecule has 1 aliphatic rings. The topological polar surface area (TPSA) is 81.2 Å². The van der Waals surface area contributed by atoms with Gasteiger partial charge in [0.05, 0.1) is 11.8 Å². The minimum absolute atomic E-state index is 0.103. The van der Waals surface area contributed by atoms with Crippen molar-refractivity contribution < 1.29 is 14.3 Å². The molecule has 1 fully saturated rings. The molecule has 6 nitrogen and oxygen atoms in total. The highest BCUT2D eigenvalue weighted by molar-refractivity contribution is 5.74. The second-order valence-corrected chi connectivity index (χ2v) is 7.46. The molecule has 0 aliphatic carbocycles. The number of aromatic amines is 1. The van der Waals surface area contributed by atoms with Crippen molar-refractivity contribution in [2.45, 2.75) is 38.2 Å². The molecular weight excluding hydrogens is 335 g/mol. The molecule has 2 heterocycles. The van der Waals surface area contributed by atoms with Crippen molar-refractivity contribution in [2.24, 2.45) is 0 Å². The van der Waals surface area contributed by atoms with Gasteiger partial charge in [-0.25, -0.2) is 9.18 Å². The maximum absolute atomic E-state index is 14.6. The van der Waals surface area contributed by atoms with Gasteiger partial charge in [-0.2, -0.15) is 5.10 Å². The summed E-state index contributed by atoms with van der Waals surface area (Å²) in [6.45, 7) is 4.65. The van der Waals surface area contributed by atoms with E-state index in [2.05, 4.69) is 15.5 Å². The summed E-state index contributed by atoms with van der Waals surface area (Å²) in [5, 5.41) is 19.0. The number of nitrogens with one attached hydrogen (secondary N) is 2. The van der Waals surface area contributed by atoms with Crippen LogP contribution >= 0.6 is 0 Å². The number of piperidine rings is 1. The molecule has 1 aromatic carbocycles. The lowest BCUT2D eigenvalue weighted by atomic mass is 9.88. The molecule has 0 unspecified atom stereocenters. The zero-order valence-electron chi connectivity index (χ0n) is 15.1. The molecular formula is C19H25FN4O2. The minimum atomic E-state index is -0.937. The van der Waals surface area contributed by atoms with Crippen LogP contribution in [0.1, 0.15) is 38.2 Å². The van der Waals surface area contributed by atoms with Crippen LogP contribution in [0.4, 0.5) is 9.18 Å². The molecule has 3 rings (SSSR count). The zero-order valence-corrected chi connectivity index (χ0v) is 15.1. The molecule has 0 atom stereocenters. The molecule has 0 saturated carbocycles. The van der Waals surface area contributed by atoms with Gasteiger partial charge in [0.25, 0.3) is 0 Å². The zero-order chi connectivity index (χ0) is 18.7. The number of urea groups is 1. The number of aromatic nitrogens is 2. The van der Waals surface area contributed by atoms with E-state index in [1.165, 1.54) is 0 Å². The van der Waals surface area contributed by atoms with Crippen LogP contribution < -0.4 is 5.32 Å². The molecule has 1 aliphatic heterocycles. The standard InChI is InChI=1S/C19H25FN4O2/c1-19(2,26)12-21-18(25)24-7-5-13(6-8-24)16-4-3-14(9-17(16)20)15-10-22-23-11-15/h3-4,9-11,13,26H,5-8,12H2,1-2H3,(H,21,25)(H,22,23). The van der Waals surface area contributed by atoms with E-state index in [1.807, 2.05) is 12.1 Å². The van der Waals surface area contributed by atoms with Crippen molar-refractivity contribution in [1.82, 2.24) is 20.4 Å². The first-order chi connectivity index (χ1) is 12.3. The fourth-order valence-corrected chi connectivity index (χ4v) is 3.24. The largest absolute Gasteiger partial charge is 0.389 e. The molecule has 2 amide bonds. The number of carbonyl (C=O) groups is 1. The maximum Gasteiger partial charge on any atom is 0.317 e. The summed E-state index contributed by atoms with van der Waals surface area (Å²) in [6.07, 6.45) is 4.84. The number of halogens is 1. The fraction of sp³-hybridized carbons (Fsp3) is 0.474. The number of benzene rings is 1. The number of H-pyrrole nitrogens is 1. The summed E-state index contributed by atoms with van der Waals surface area (Å²) in [5.74, 6) is -0.111. The first-order valence-electron chi connectivity index (χ1n) is 8.87. The Bertz CT molecular complexity index is 747. The molecule has 2 aromatic rings. The van der Waals surface area contributed by atoms with Crippen LogP contribution in [0.3, 0.4) is 0 Å². The quantitative estimate of drug-likeness (QED) is 0.784. The third-order valence-corrected chi connectivity index (χ3v) is 4.73. The second-order valence-electron chi connectivity index (χ2n) is 7.46. The Labute approximate surface area is 152 Å². The van der Waals surface area contributed by atoms with Gasteiger partial charge in [0.15, 0.2) is 0 Å². The number of hydrogen-bond acceptors (Lipinski definition) is 3. The lowest BCUT2D eigenvalue weighted by molar-refractivity contribution is 0.0788. The second kappa shape index (κ2) is 7.45. The van der Waals surface area contributed by atoms with E-state index in [4.69, 9.17) is 0 Å². The Balaban J connectivity index is 1.59. The third-order valence-electron chi connectivity index (χ3n) is 4.73. The van der Waals surface area contributed by atoms with Gasteiger partial charge in [-0.05, 0) is 49.8 Å². The summed E-state index contributed by atoms with van der Waals surface area (Å²) >= 11 is 0. The maximum atomic E-state index is 14.6. The minimum Gasteiger partial charge on any atom is -0.389 e. The number of hydrogen-bond donors (Lipinski definition) is 3. The Morgan fingerprint density at radius 1 is 1.38 bits per heavy atom. The van der Waals surface area contributed by atoms with Crippen molar-refractivity contribution in [1.29, 1.82) is 0 Å². The van der Waals surface area contributed by atoms with E-state index in [9.17, 15) is 14.3 Å². The van der Waals surface area contributed by atoms with Crippen LogP contribution in [0.5, 0.6) is 0 Å². The first-order valence-corrected chi connectivity index (χ1v) is 8.87. The third kappa shape index (κ3) is 4.40. The molecule has 140 valence electrons. The molecule has 26 heavy (non-hydrogen) atoms. The van der Waals surface area contributed by atoms with Crippen LogP contribution in [0.15, 0.2) is 30.6 Å². The van der Waals surface area contributed by atoms with E-state index in [0.29, 0.717) is 18.7 Å². The van der Waals surface area contributed by atoms with E-state index < -0.39 is 5.60 Å². The van der Waals surface area contributed by atoms with Crippen molar-refractivity contribution in [2.75, 3.05) is 19.6 Å². The van der Waals surface area contributed by atoms with Crippen LogP contribution in [0, 0.1) is 5.82 Å². The predicted molar refractivity (Wildman–Crippen MR) is 97.2 cm³/mol.